The standard InChI is InChI=1S/C24H25NO5/c26-14-21-12-18(13-22(15-27)23(21)28)10-11-25-24(29)30-16-17-6-8-20(9-7-17)19-4-2-1-3-5-19/h1-9,12-13,26-28H,10-11,14-16H2,(H,25,29). The van der Waals surface area contributed by atoms with Crippen molar-refractivity contribution in [2.24, 2.45) is 0 Å². The number of amides is 1. The molecule has 30 heavy (non-hydrogen) atoms. The van der Waals surface area contributed by atoms with Gasteiger partial charge >= 0.3 is 6.09 Å². The number of nitrogens with one attached hydrogen (secondary N) is 1. The number of aliphatic hydroxyl groups is 2. The average Bonchev–Trinajstić information content (AvgIpc) is 2.79. The highest BCUT2D eigenvalue weighted by atomic mass is 16.5. The summed E-state index contributed by atoms with van der Waals surface area (Å²) in [6.07, 6.45) is -0.0492. The zero-order valence-corrected chi connectivity index (χ0v) is 16.5. The Hall–Kier alpha value is -3.35. The summed E-state index contributed by atoms with van der Waals surface area (Å²) in [5.41, 5.74) is 4.60. The van der Waals surface area contributed by atoms with Gasteiger partial charge in [0.05, 0.1) is 13.2 Å². The maximum atomic E-state index is 11.9. The van der Waals surface area contributed by atoms with Gasteiger partial charge in [-0.05, 0) is 40.8 Å². The molecule has 3 aromatic rings. The minimum Gasteiger partial charge on any atom is -0.507 e. The lowest BCUT2D eigenvalue weighted by Crippen LogP contribution is -2.26. The van der Waals surface area contributed by atoms with Gasteiger partial charge in [-0.15, -0.1) is 0 Å². The number of alkyl carbamates (subject to hydrolysis) is 1. The molecule has 0 bridgehead atoms. The molecule has 3 aromatic carbocycles. The Bertz CT molecular complexity index is 946. The van der Waals surface area contributed by atoms with E-state index in [9.17, 15) is 20.1 Å². The molecular formula is C24H25NO5. The van der Waals surface area contributed by atoms with E-state index in [0.29, 0.717) is 24.1 Å². The number of carbonyl (C=O) groups is 1. The molecule has 3 rings (SSSR count). The quantitative estimate of drug-likeness (QED) is 0.458. The molecule has 0 atom stereocenters. The highest BCUT2D eigenvalue weighted by Gasteiger charge is 2.10. The van der Waals surface area contributed by atoms with Gasteiger partial charge in [0, 0.05) is 17.7 Å². The monoisotopic (exact) mass is 407 g/mol. The second-order valence-corrected chi connectivity index (χ2v) is 6.89. The number of carbonyl (C=O) groups excluding carboxylic acids is 1. The fourth-order valence-electron chi connectivity index (χ4n) is 3.15. The molecule has 4 N–H and O–H groups in total. The largest absolute Gasteiger partial charge is 0.507 e. The molecule has 6 heteroatoms. The third-order valence-electron chi connectivity index (χ3n) is 4.78. The summed E-state index contributed by atoms with van der Waals surface area (Å²) in [4.78, 5) is 11.9. The maximum Gasteiger partial charge on any atom is 0.407 e. The van der Waals surface area contributed by atoms with Gasteiger partial charge in [-0.25, -0.2) is 4.79 Å². The van der Waals surface area contributed by atoms with Crippen molar-refractivity contribution in [1.29, 1.82) is 0 Å². The Labute approximate surface area is 175 Å². The van der Waals surface area contributed by atoms with Gasteiger partial charge < -0.3 is 25.4 Å². The minimum absolute atomic E-state index is 0.102. The summed E-state index contributed by atoms with van der Waals surface area (Å²) in [6, 6.07) is 21.2. The number of rotatable bonds is 8. The molecule has 0 saturated heterocycles. The lowest BCUT2D eigenvalue weighted by Gasteiger charge is -2.11. The van der Waals surface area contributed by atoms with Gasteiger partial charge in [-0.1, -0.05) is 54.6 Å². The van der Waals surface area contributed by atoms with E-state index in [0.717, 1.165) is 22.3 Å². The van der Waals surface area contributed by atoms with Crippen molar-refractivity contribution in [2.45, 2.75) is 26.2 Å². The first-order chi connectivity index (χ1) is 14.6. The van der Waals surface area contributed by atoms with Crippen molar-refractivity contribution in [2.75, 3.05) is 6.54 Å². The minimum atomic E-state index is -0.523. The molecule has 0 heterocycles. The van der Waals surface area contributed by atoms with Crippen LogP contribution in [-0.2, 0) is 31.0 Å². The summed E-state index contributed by atoms with van der Waals surface area (Å²) < 4.78 is 5.25. The van der Waals surface area contributed by atoms with Crippen LogP contribution in [0.5, 0.6) is 5.75 Å². The molecule has 0 radical (unpaired) electrons. The molecule has 6 nitrogen and oxygen atoms in total. The summed E-state index contributed by atoms with van der Waals surface area (Å²) in [5, 5.41) is 31.2. The highest BCUT2D eigenvalue weighted by Crippen LogP contribution is 2.25. The fraction of sp³-hybridized carbons (Fsp3) is 0.208. The van der Waals surface area contributed by atoms with E-state index >= 15 is 0 Å². The first-order valence-electron chi connectivity index (χ1n) is 9.71. The van der Waals surface area contributed by atoms with Crippen LogP contribution < -0.4 is 5.32 Å². The number of aromatic hydroxyl groups is 1. The lowest BCUT2D eigenvalue weighted by molar-refractivity contribution is 0.140. The Morgan fingerprint density at radius 3 is 2.03 bits per heavy atom. The van der Waals surface area contributed by atoms with Gasteiger partial charge in [0.15, 0.2) is 0 Å². The van der Waals surface area contributed by atoms with Crippen LogP contribution in [-0.4, -0.2) is 28.0 Å². The number of benzene rings is 3. The number of ether oxygens (including phenoxy) is 1. The van der Waals surface area contributed by atoms with Gasteiger partial charge in [0.25, 0.3) is 0 Å². The second kappa shape index (κ2) is 10.4. The summed E-state index contributed by atoms with van der Waals surface area (Å²) in [7, 11) is 0. The Kier molecular flexibility index (Phi) is 7.43. The number of hydrogen-bond acceptors (Lipinski definition) is 5. The predicted octanol–water partition coefficient (Wildman–Crippen LogP) is 3.51. The normalized spacial score (nSPS) is 10.6. The number of hydrogen-bond donors (Lipinski definition) is 4. The van der Waals surface area contributed by atoms with Crippen molar-refractivity contribution in [3.8, 4) is 16.9 Å². The van der Waals surface area contributed by atoms with Crippen LogP contribution in [0.2, 0.25) is 0 Å². The second-order valence-electron chi connectivity index (χ2n) is 6.89. The van der Waals surface area contributed by atoms with Crippen LogP contribution in [0.4, 0.5) is 4.79 Å². The van der Waals surface area contributed by atoms with E-state index in [4.69, 9.17) is 4.74 Å². The topological polar surface area (TPSA) is 99.0 Å². The number of aliphatic hydroxyl groups excluding tert-OH is 2. The van der Waals surface area contributed by atoms with Crippen LogP contribution in [0, 0.1) is 0 Å². The summed E-state index contributed by atoms with van der Waals surface area (Å²) >= 11 is 0. The van der Waals surface area contributed by atoms with Crippen molar-refractivity contribution in [3.05, 3.63) is 89.0 Å². The molecule has 0 saturated carbocycles. The molecule has 0 spiro atoms. The van der Waals surface area contributed by atoms with Crippen molar-refractivity contribution in [3.63, 3.8) is 0 Å². The average molecular weight is 407 g/mol. The fourth-order valence-corrected chi connectivity index (χ4v) is 3.15. The van der Waals surface area contributed by atoms with Gasteiger partial charge in [0.2, 0.25) is 0 Å². The summed E-state index contributed by atoms with van der Waals surface area (Å²) in [6.45, 7) is -0.161. The first-order valence-corrected chi connectivity index (χ1v) is 9.71. The van der Waals surface area contributed by atoms with Crippen molar-refractivity contribution < 1.29 is 24.9 Å². The van der Waals surface area contributed by atoms with Crippen molar-refractivity contribution >= 4 is 6.09 Å². The highest BCUT2D eigenvalue weighted by molar-refractivity contribution is 5.67. The van der Waals surface area contributed by atoms with Crippen LogP contribution in [0.25, 0.3) is 11.1 Å². The van der Waals surface area contributed by atoms with Gasteiger partial charge in [0.1, 0.15) is 12.4 Å². The zero-order valence-electron chi connectivity index (χ0n) is 16.5. The third kappa shape index (κ3) is 5.59. The summed E-state index contributed by atoms with van der Waals surface area (Å²) in [5.74, 6) is -0.102. The van der Waals surface area contributed by atoms with Crippen LogP contribution >= 0.6 is 0 Å². The first kappa shape index (κ1) is 21.4. The van der Waals surface area contributed by atoms with Crippen LogP contribution in [0.15, 0.2) is 66.7 Å². The van der Waals surface area contributed by atoms with Crippen LogP contribution in [0.1, 0.15) is 22.3 Å². The third-order valence-corrected chi connectivity index (χ3v) is 4.78. The van der Waals surface area contributed by atoms with Crippen LogP contribution in [0.3, 0.4) is 0 Å². The van der Waals surface area contributed by atoms with Gasteiger partial charge in [-0.2, -0.15) is 0 Å². The molecule has 0 aromatic heterocycles. The Balaban J connectivity index is 1.46. The molecule has 0 aliphatic heterocycles. The SMILES string of the molecule is O=C(NCCc1cc(CO)c(O)c(CO)c1)OCc1ccc(-c2ccccc2)cc1. The Morgan fingerprint density at radius 1 is 0.833 bits per heavy atom. The van der Waals surface area contributed by atoms with E-state index in [2.05, 4.69) is 5.32 Å². The predicted molar refractivity (Wildman–Crippen MR) is 114 cm³/mol. The molecule has 0 unspecified atom stereocenters. The molecule has 156 valence electrons. The zero-order chi connectivity index (χ0) is 21.3. The maximum absolute atomic E-state index is 11.9. The smallest absolute Gasteiger partial charge is 0.407 e. The Morgan fingerprint density at radius 2 is 1.43 bits per heavy atom. The van der Waals surface area contributed by atoms with E-state index in [1.165, 1.54) is 0 Å². The van der Waals surface area contributed by atoms with E-state index in [1.54, 1.807) is 12.1 Å². The van der Waals surface area contributed by atoms with Crippen molar-refractivity contribution in [1.82, 2.24) is 5.32 Å². The van der Waals surface area contributed by atoms with E-state index in [1.807, 2.05) is 54.6 Å². The van der Waals surface area contributed by atoms with Gasteiger partial charge in [-0.3, -0.25) is 0 Å². The molecule has 0 fully saturated rings. The number of phenols is 1. The molecular weight excluding hydrogens is 382 g/mol. The lowest BCUT2D eigenvalue weighted by atomic mass is 10.0. The van der Waals surface area contributed by atoms with E-state index < -0.39 is 6.09 Å². The molecule has 1 amide bonds. The molecule has 0 aliphatic rings. The van der Waals surface area contributed by atoms with E-state index in [-0.39, 0.29) is 25.6 Å². The molecule has 0 aliphatic carbocycles.